The van der Waals surface area contributed by atoms with Crippen LogP contribution < -0.4 is 0 Å². The van der Waals surface area contributed by atoms with Gasteiger partial charge in [0.25, 0.3) is 0 Å². The van der Waals surface area contributed by atoms with E-state index in [1.54, 1.807) is 12.3 Å². The van der Waals surface area contributed by atoms with Crippen molar-refractivity contribution in [3.05, 3.63) is 35.8 Å². The van der Waals surface area contributed by atoms with Gasteiger partial charge in [-0.25, -0.2) is 4.39 Å². The van der Waals surface area contributed by atoms with Crippen molar-refractivity contribution in [3.63, 3.8) is 0 Å². The normalized spacial score (nSPS) is 10.9. The number of H-pyrrole nitrogens is 1. The highest BCUT2D eigenvalue weighted by Gasteiger charge is 2.11. The first-order chi connectivity index (χ1) is 8.22. The summed E-state index contributed by atoms with van der Waals surface area (Å²) in [7, 11) is 0. The van der Waals surface area contributed by atoms with Crippen LogP contribution in [0.25, 0.3) is 10.9 Å². The maximum Gasteiger partial charge on any atom is 0.165 e. The van der Waals surface area contributed by atoms with Crippen molar-refractivity contribution in [2.24, 2.45) is 0 Å². The van der Waals surface area contributed by atoms with Gasteiger partial charge in [0.05, 0.1) is 0 Å². The van der Waals surface area contributed by atoms with Gasteiger partial charge in [-0.2, -0.15) is 0 Å². The molecule has 0 saturated heterocycles. The Morgan fingerprint density at radius 2 is 2.18 bits per heavy atom. The molecule has 0 aliphatic heterocycles. The fourth-order valence-electron chi connectivity index (χ4n) is 1.99. The van der Waals surface area contributed by atoms with Crippen LogP contribution in [0.4, 0.5) is 4.39 Å². The molecule has 2 nitrogen and oxygen atoms in total. The molecule has 0 bridgehead atoms. The Morgan fingerprint density at radius 3 is 2.94 bits per heavy atom. The Hall–Kier alpha value is -1.64. The summed E-state index contributed by atoms with van der Waals surface area (Å²) >= 11 is 0. The van der Waals surface area contributed by atoms with Crippen LogP contribution in [0.1, 0.15) is 43.0 Å². The summed E-state index contributed by atoms with van der Waals surface area (Å²) in [5.74, 6) is -0.213. The van der Waals surface area contributed by atoms with Gasteiger partial charge in [0.1, 0.15) is 5.82 Å². The second kappa shape index (κ2) is 5.13. The number of hydrogen-bond acceptors (Lipinski definition) is 1. The number of benzene rings is 1. The Kier molecular flexibility index (Phi) is 3.57. The van der Waals surface area contributed by atoms with E-state index in [0.717, 1.165) is 24.8 Å². The predicted molar refractivity (Wildman–Crippen MR) is 66.7 cm³/mol. The molecule has 0 radical (unpaired) electrons. The van der Waals surface area contributed by atoms with Gasteiger partial charge in [0, 0.05) is 29.1 Å². The van der Waals surface area contributed by atoms with E-state index in [2.05, 4.69) is 11.9 Å². The average molecular weight is 233 g/mol. The molecule has 1 N–H and O–H groups in total. The third-order valence-corrected chi connectivity index (χ3v) is 2.95. The Bertz CT molecular complexity index is 530. The molecule has 0 aliphatic rings. The van der Waals surface area contributed by atoms with Crippen LogP contribution in [-0.4, -0.2) is 10.8 Å². The third-order valence-electron chi connectivity index (χ3n) is 2.95. The molecule has 17 heavy (non-hydrogen) atoms. The summed E-state index contributed by atoms with van der Waals surface area (Å²) in [5, 5.41) is 0.687. The largest absolute Gasteiger partial charge is 0.360 e. The van der Waals surface area contributed by atoms with Crippen LogP contribution in [0.2, 0.25) is 0 Å². The topological polar surface area (TPSA) is 32.9 Å². The molecule has 0 amide bonds. The molecule has 1 heterocycles. The standard InChI is InChI=1S/C14H16FNO/c1-2-3-4-5-14(17)12-9-16-13-7-6-10(15)8-11(12)13/h6-9,16H,2-5H2,1H3. The van der Waals surface area contributed by atoms with Crippen molar-refractivity contribution < 1.29 is 9.18 Å². The minimum absolute atomic E-state index is 0.0929. The van der Waals surface area contributed by atoms with E-state index >= 15 is 0 Å². The molecular weight excluding hydrogens is 217 g/mol. The summed E-state index contributed by atoms with van der Waals surface area (Å²) in [5.41, 5.74) is 1.42. The lowest BCUT2D eigenvalue weighted by Crippen LogP contribution is -1.97. The van der Waals surface area contributed by atoms with Gasteiger partial charge >= 0.3 is 0 Å². The summed E-state index contributed by atoms with van der Waals surface area (Å²) in [4.78, 5) is 15.0. The van der Waals surface area contributed by atoms with Crippen LogP contribution in [0.3, 0.4) is 0 Å². The number of carbonyl (C=O) groups is 1. The van der Waals surface area contributed by atoms with E-state index in [9.17, 15) is 9.18 Å². The van der Waals surface area contributed by atoms with Crippen LogP contribution in [0, 0.1) is 5.82 Å². The second-order valence-electron chi connectivity index (χ2n) is 4.27. The third kappa shape index (κ3) is 2.54. The van der Waals surface area contributed by atoms with Gasteiger partial charge in [-0.1, -0.05) is 19.8 Å². The number of fused-ring (bicyclic) bond motifs is 1. The molecule has 3 heteroatoms. The van der Waals surface area contributed by atoms with Gasteiger partial charge in [-0.3, -0.25) is 4.79 Å². The number of aromatic amines is 1. The predicted octanol–water partition coefficient (Wildman–Crippen LogP) is 4.07. The van der Waals surface area contributed by atoms with E-state index in [-0.39, 0.29) is 11.6 Å². The molecule has 90 valence electrons. The number of carbonyl (C=O) groups excluding carboxylic acids is 1. The van der Waals surface area contributed by atoms with E-state index < -0.39 is 0 Å². The SMILES string of the molecule is CCCCCC(=O)c1c[nH]c2ccc(F)cc12. The molecular formula is C14H16FNO. The number of Topliss-reactive ketones (excluding diaryl/α,β-unsaturated/α-hetero) is 1. The van der Waals surface area contributed by atoms with Crippen LogP contribution in [0.15, 0.2) is 24.4 Å². The summed E-state index contributed by atoms with van der Waals surface area (Å²) in [6.45, 7) is 2.10. The molecule has 0 aliphatic carbocycles. The maximum absolute atomic E-state index is 13.1. The molecule has 0 fully saturated rings. The number of ketones is 1. The lowest BCUT2D eigenvalue weighted by molar-refractivity contribution is 0.0981. The Balaban J connectivity index is 2.23. The smallest absolute Gasteiger partial charge is 0.165 e. The number of unbranched alkanes of at least 4 members (excludes halogenated alkanes) is 2. The summed E-state index contributed by atoms with van der Waals surface area (Å²) in [6.07, 6.45) is 5.27. The molecule has 0 spiro atoms. The zero-order valence-electron chi connectivity index (χ0n) is 9.92. The van der Waals surface area contributed by atoms with Crippen molar-refractivity contribution in [1.82, 2.24) is 4.98 Å². The van der Waals surface area contributed by atoms with Crippen molar-refractivity contribution >= 4 is 16.7 Å². The molecule has 0 unspecified atom stereocenters. The summed E-state index contributed by atoms with van der Waals surface area (Å²) < 4.78 is 13.1. The zero-order chi connectivity index (χ0) is 12.3. The monoisotopic (exact) mass is 233 g/mol. The molecule has 2 aromatic rings. The highest BCUT2D eigenvalue weighted by atomic mass is 19.1. The highest BCUT2D eigenvalue weighted by molar-refractivity contribution is 6.07. The lowest BCUT2D eigenvalue weighted by Gasteiger charge is -1.99. The Labute approximate surface area is 99.8 Å². The maximum atomic E-state index is 13.1. The second-order valence-corrected chi connectivity index (χ2v) is 4.27. The van der Waals surface area contributed by atoms with Gasteiger partial charge in [0.15, 0.2) is 5.78 Å². The number of halogens is 1. The molecule has 2 rings (SSSR count). The van der Waals surface area contributed by atoms with E-state index in [1.165, 1.54) is 12.1 Å². The Morgan fingerprint density at radius 1 is 1.35 bits per heavy atom. The first-order valence-electron chi connectivity index (χ1n) is 6.02. The minimum Gasteiger partial charge on any atom is -0.360 e. The van der Waals surface area contributed by atoms with Gasteiger partial charge in [-0.15, -0.1) is 0 Å². The van der Waals surface area contributed by atoms with Gasteiger partial charge < -0.3 is 4.98 Å². The zero-order valence-corrected chi connectivity index (χ0v) is 9.92. The molecule has 0 atom stereocenters. The fraction of sp³-hybridized carbons (Fsp3) is 0.357. The molecule has 1 aromatic carbocycles. The average Bonchev–Trinajstić information content (AvgIpc) is 2.72. The number of hydrogen-bond donors (Lipinski definition) is 1. The molecule has 0 saturated carbocycles. The number of nitrogens with one attached hydrogen (secondary N) is 1. The van der Waals surface area contributed by atoms with E-state index in [0.29, 0.717) is 17.4 Å². The highest BCUT2D eigenvalue weighted by Crippen LogP contribution is 2.21. The minimum atomic E-state index is -0.306. The number of aromatic nitrogens is 1. The van der Waals surface area contributed by atoms with Gasteiger partial charge in [0.2, 0.25) is 0 Å². The summed E-state index contributed by atoms with van der Waals surface area (Å²) in [6, 6.07) is 4.47. The van der Waals surface area contributed by atoms with Gasteiger partial charge in [-0.05, 0) is 24.6 Å². The lowest BCUT2D eigenvalue weighted by atomic mass is 10.0. The van der Waals surface area contributed by atoms with E-state index in [4.69, 9.17) is 0 Å². The first-order valence-corrected chi connectivity index (χ1v) is 6.02. The first kappa shape index (κ1) is 11.8. The van der Waals surface area contributed by atoms with Crippen LogP contribution >= 0.6 is 0 Å². The van der Waals surface area contributed by atoms with Crippen molar-refractivity contribution in [2.45, 2.75) is 32.6 Å². The number of rotatable bonds is 5. The van der Waals surface area contributed by atoms with E-state index in [1.807, 2.05) is 0 Å². The van der Waals surface area contributed by atoms with Crippen molar-refractivity contribution in [3.8, 4) is 0 Å². The fourth-order valence-corrected chi connectivity index (χ4v) is 1.99. The molecule has 1 aromatic heterocycles. The van der Waals surface area contributed by atoms with Crippen molar-refractivity contribution in [1.29, 1.82) is 0 Å². The quantitative estimate of drug-likeness (QED) is 0.612. The van der Waals surface area contributed by atoms with Crippen LogP contribution in [-0.2, 0) is 0 Å². The van der Waals surface area contributed by atoms with Crippen LogP contribution in [0.5, 0.6) is 0 Å². The van der Waals surface area contributed by atoms with Crippen molar-refractivity contribution in [2.75, 3.05) is 0 Å².